The molecule has 2 rings (SSSR count). The number of rotatable bonds is 3. The fourth-order valence-electron chi connectivity index (χ4n) is 1.47. The standard InChI is InChI=1S/C13H11F2NOS/c1-8(17)10-3-2-6-16-13(10)18-12-7-9(14)4-5-11(12)15/h2-8,17H,1H3. The summed E-state index contributed by atoms with van der Waals surface area (Å²) in [4.78, 5) is 4.23. The van der Waals surface area contributed by atoms with Crippen molar-refractivity contribution in [3.05, 3.63) is 53.7 Å². The lowest BCUT2D eigenvalue weighted by atomic mass is 10.2. The number of aliphatic hydroxyl groups is 1. The van der Waals surface area contributed by atoms with Crippen LogP contribution in [0.25, 0.3) is 0 Å². The van der Waals surface area contributed by atoms with Crippen LogP contribution in [0.2, 0.25) is 0 Å². The molecular weight excluding hydrogens is 256 g/mol. The second kappa shape index (κ2) is 5.46. The molecule has 0 aliphatic rings. The summed E-state index contributed by atoms with van der Waals surface area (Å²) < 4.78 is 26.6. The van der Waals surface area contributed by atoms with E-state index < -0.39 is 17.7 Å². The van der Waals surface area contributed by atoms with Gasteiger partial charge in [-0.05, 0) is 31.2 Å². The van der Waals surface area contributed by atoms with Gasteiger partial charge in [0.05, 0.1) is 11.0 Å². The van der Waals surface area contributed by atoms with Crippen LogP contribution in [0.1, 0.15) is 18.6 Å². The first-order valence-electron chi connectivity index (χ1n) is 5.34. The van der Waals surface area contributed by atoms with Crippen molar-refractivity contribution < 1.29 is 13.9 Å². The Balaban J connectivity index is 2.37. The number of hydrogen-bond acceptors (Lipinski definition) is 3. The van der Waals surface area contributed by atoms with Crippen LogP contribution in [0.3, 0.4) is 0 Å². The molecule has 1 unspecified atom stereocenters. The Kier molecular flexibility index (Phi) is 3.93. The Bertz CT molecular complexity index is 560. The van der Waals surface area contributed by atoms with Gasteiger partial charge in [-0.15, -0.1) is 0 Å². The predicted molar refractivity (Wildman–Crippen MR) is 65.4 cm³/mol. The Morgan fingerprint density at radius 1 is 1.28 bits per heavy atom. The highest BCUT2D eigenvalue weighted by Gasteiger charge is 2.12. The van der Waals surface area contributed by atoms with E-state index in [-0.39, 0.29) is 4.90 Å². The zero-order valence-electron chi connectivity index (χ0n) is 9.60. The van der Waals surface area contributed by atoms with Crippen molar-refractivity contribution in [3.8, 4) is 0 Å². The van der Waals surface area contributed by atoms with Crippen molar-refractivity contribution in [1.29, 1.82) is 0 Å². The average molecular weight is 267 g/mol. The molecule has 1 atom stereocenters. The van der Waals surface area contributed by atoms with E-state index in [9.17, 15) is 13.9 Å². The number of aliphatic hydroxyl groups excluding tert-OH is 1. The highest BCUT2D eigenvalue weighted by molar-refractivity contribution is 7.99. The minimum absolute atomic E-state index is 0.149. The molecule has 0 aliphatic heterocycles. The maximum Gasteiger partial charge on any atom is 0.137 e. The lowest BCUT2D eigenvalue weighted by Crippen LogP contribution is -1.96. The number of hydrogen-bond donors (Lipinski definition) is 1. The third kappa shape index (κ3) is 2.86. The van der Waals surface area contributed by atoms with E-state index in [1.165, 1.54) is 0 Å². The summed E-state index contributed by atoms with van der Waals surface area (Å²) in [5, 5.41) is 10.1. The molecule has 0 radical (unpaired) electrons. The molecule has 0 saturated carbocycles. The van der Waals surface area contributed by atoms with Crippen LogP contribution in [0.15, 0.2) is 46.5 Å². The third-order valence-electron chi connectivity index (χ3n) is 2.35. The van der Waals surface area contributed by atoms with Crippen molar-refractivity contribution in [2.45, 2.75) is 22.9 Å². The van der Waals surface area contributed by atoms with Gasteiger partial charge in [0, 0.05) is 11.8 Å². The molecule has 0 fully saturated rings. The van der Waals surface area contributed by atoms with Crippen molar-refractivity contribution in [2.75, 3.05) is 0 Å². The third-order valence-corrected chi connectivity index (χ3v) is 3.42. The van der Waals surface area contributed by atoms with Gasteiger partial charge in [-0.25, -0.2) is 13.8 Å². The van der Waals surface area contributed by atoms with Gasteiger partial charge in [-0.1, -0.05) is 17.8 Å². The molecule has 0 saturated heterocycles. The van der Waals surface area contributed by atoms with Gasteiger partial charge in [-0.2, -0.15) is 0 Å². The number of pyridine rings is 1. The predicted octanol–water partition coefficient (Wildman–Crippen LogP) is 3.56. The summed E-state index contributed by atoms with van der Waals surface area (Å²) in [5.41, 5.74) is 0.589. The van der Waals surface area contributed by atoms with Gasteiger partial charge < -0.3 is 5.11 Å². The Hall–Kier alpha value is -1.46. The first-order chi connectivity index (χ1) is 8.58. The fourth-order valence-corrected chi connectivity index (χ4v) is 2.48. The van der Waals surface area contributed by atoms with Crippen molar-refractivity contribution in [1.82, 2.24) is 4.98 Å². The molecule has 94 valence electrons. The second-order valence-corrected chi connectivity index (χ2v) is 4.78. The smallest absolute Gasteiger partial charge is 0.137 e. The number of halogens is 2. The lowest BCUT2D eigenvalue weighted by Gasteiger charge is -2.10. The van der Waals surface area contributed by atoms with Crippen LogP contribution in [-0.2, 0) is 0 Å². The van der Waals surface area contributed by atoms with Crippen LogP contribution in [0.4, 0.5) is 8.78 Å². The van der Waals surface area contributed by atoms with E-state index in [0.29, 0.717) is 10.6 Å². The first-order valence-corrected chi connectivity index (χ1v) is 6.15. The molecule has 2 nitrogen and oxygen atoms in total. The molecule has 0 amide bonds. The maximum atomic E-state index is 13.5. The molecule has 18 heavy (non-hydrogen) atoms. The molecule has 2 aromatic rings. The normalized spacial score (nSPS) is 12.4. The van der Waals surface area contributed by atoms with E-state index in [1.54, 1.807) is 25.3 Å². The SMILES string of the molecule is CC(O)c1cccnc1Sc1cc(F)ccc1F. The Labute approximate surface area is 108 Å². The van der Waals surface area contributed by atoms with Crippen LogP contribution < -0.4 is 0 Å². The molecule has 1 aromatic heterocycles. The van der Waals surface area contributed by atoms with Gasteiger partial charge in [-0.3, -0.25) is 0 Å². The van der Waals surface area contributed by atoms with E-state index in [1.807, 2.05) is 0 Å². The molecule has 5 heteroatoms. The minimum atomic E-state index is -0.710. The Morgan fingerprint density at radius 3 is 2.78 bits per heavy atom. The minimum Gasteiger partial charge on any atom is -0.389 e. The largest absolute Gasteiger partial charge is 0.389 e. The topological polar surface area (TPSA) is 33.1 Å². The highest BCUT2D eigenvalue weighted by atomic mass is 32.2. The summed E-state index contributed by atoms with van der Waals surface area (Å²) in [6.45, 7) is 1.60. The molecular formula is C13H11F2NOS. The van der Waals surface area contributed by atoms with E-state index >= 15 is 0 Å². The Morgan fingerprint density at radius 2 is 2.06 bits per heavy atom. The fraction of sp³-hybridized carbons (Fsp3) is 0.154. The summed E-state index contributed by atoms with van der Waals surface area (Å²) in [7, 11) is 0. The zero-order chi connectivity index (χ0) is 13.1. The van der Waals surface area contributed by atoms with Crippen LogP contribution >= 0.6 is 11.8 Å². The molecule has 0 bridgehead atoms. The van der Waals surface area contributed by atoms with Crippen molar-refractivity contribution >= 4 is 11.8 Å². The van der Waals surface area contributed by atoms with Crippen LogP contribution in [0.5, 0.6) is 0 Å². The average Bonchev–Trinajstić information content (AvgIpc) is 2.34. The van der Waals surface area contributed by atoms with E-state index in [2.05, 4.69) is 4.98 Å². The number of aromatic nitrogens is 1. The maximum absolute atomic E-state index is 13.5. The van der Waals surface area contributed by atoms with Gasteiger partial charge in [0.25, 0.3) is 0 Å². The van der Waals surface area contributed by atoms with Gasteiger partial charge >= 0.3 is 0 Å². The first kappa shape index (κ1) is 13.0. The highest BCUT2D eigenvalue weighted by Crippen LogP contribution is 2.33. The van der Waals surface area contributed by atoms with Gasteiger partial charge in [0.15, 0.2) is 0 Å². The summed E-state index contributed by atoms with van der Waals surface area (Å²) >= 11 is 0.997. The summed E-state index contributed by atoms with van der Waals surface area (Å²) in [6, 6.07) is 6.64. The van der Waals surface area contributed by atoms with Crippen molar-refractivity contribution in [2.24, 2.45) is 0 Å². The molecule has 1 N–H and O–H groups in total. The van der Waals surface area contributed by atoms with E-state index in [4.69, 9.17) is 0 Å². The van der Waals surface area contributed by atoms with Gasteiger partial charge in [0.1, 0.15) is 16.7 Å². The number of benzene rings is 1. The molecule has 1 aromatic carbocycles. The molecule has 0 spiro atoms. The lowest BCUT2D eigenvalue weighted by molar-refractivity contribution is 0.195. The molecule has 0 aliphatic carbocycles. The zero-order valence-corrected chi connectivity index (χ0v) is 10.4. The van der Waals surface area contributed by atoms with Crippen molar-refractivity contribution in [3.63, 3.8) is 0 Å². The summed E-state index contributed by atoms with van der Waals surface area (Å²) in [5.74, 6) is -1.02. The second-order valence-electron chi connectivity index (χ2n) is 3.75. The van der Waals surface area contributed by atoms with Crippen LogP contribution in [-0.4, -0.2) is 10.1 Å². The van der Waals surface area contributed by atoms with Gasteiger partial charge in [0.2, 0.25) is 0 Å². The van der Waals surface area contributed by atoms with E-state index in [0.717, 1.165) is 30.0 Å². The van der Waals surface area contributed by atoms with Crippen LogP contribution in [0, 0.1) is 11.6 Å². The monoisotopic (exact) mass is 267 g/mol. The quantitative estimate of drug-likeness (QED) is 0.923. The summed E-state index contributed by atoms with van der Waals surface area (Å²) in [6.07, 6.45) is 0.837. The molecule has 1 heterocycles. The number of nitrogens with zero attached hydrogens (tertiary/aromatic N) is 1.